The summed E-state index contributed by atoms with van der Waals surface area (Å²) in [5.41, 5.74) is 1.23. The first-order valence-electron chi connectivity index (χ1n) is 7.25. The summed E-state index contributed by atoms with van der Waals surface area (Å²) in [6.07, 6.45) is 0. The lowest BCUT2D eigenvalue weighted by Gasteiger charge is -2.19. The van der Waals surface area contributed by atoms with Gasteiger partial charge in [0.2, 0.25) is 5.91 Å². The van der Waals surface area contributed by atoms with Gasteiger partial charge < -0.3 is 10.2 Å². The van der Waals surface area contributed by atoms with Gasteiger partial charge in [-0.1, -0.05) is 19.9 Å². The van der Waals surface area contributed by atoms with E-state index < -0.39 is 0 Å². The number of carbonyl (C=O) groups excluding carboxylic acids is 1. The predicted molar refractivity (Wildman–Crippen MR) is 89.5 cm³/mol. The Bertz CT molecular complexity index is 495. The number of hydrogen-bond donors (Lipinski definition) is 1. The maximum absolute atomic E-state index is 12.1. The van der Waals surface area contributed by atoms with Crippen molar-refractivity contribution in [3.05, 3.63) is 29.8 Å². The number of nitrogens with zero attached hydrogens (tertiary/aromatic N) is 2. The molecule has 1 N–H and O–H groups in total. The van der Waals surface area contributed by atoms with Gasteiger partial charge in [-0.15, -0.1) is 11.8 Å². The van der Waals surface area contributed by atoms with Gasteiger partial charge >= 0.3 is 0 Å². The van der Waals surface area contributed by atoms with Crippen molar-refractivity contribution >= 4 is 23.4 Å². The fourth-order valence-electron chi connectivity index (χ4n) is 1.88. The molecule has 1 aromatic carbocycles. The van der Waals surface area contributed by atoms with E-state index in [0.29, 0.717) is 11.3 Å². The average molecular weight is 305 g/mol. The van der Waals surface area contributed by atoms with Crippen LogP contribution in [0.1, 0.15) is 26.3 Å². The van der Waals surface area contributed by atoms with Gasteiger partial charge in [0, 0.05) is 18.0 Å². The summed E-state index contributed by atoms with van der Waals surface area (Å²) >= 11 is 1.65. The number of benzene rings is 1. The van der Waals surface area contributed by atoms with E-state index in [1.807, 2.05) is 6.92 Å². The normalized spacial score (nSPS) is 12.0. The minimum Gasteiger partial charge on any atom is -0.325 e. The molecule has 0 aliphatic rings. The Labute approximate surface area is 131 Å². The van der Waals surface area contributed by atoms with E-state index in [2.05, 4.69) is 30.1 Å². The second-order valence-electron chi connectivity index (χ2n) is 4.72. The molecule has 1 atom stereocenters. The third-order valence-electron chi connectivity index (χ3n) is 3.30. The molecule has 114 valence electrons. The van der Waals surface area contributed by atoms with Crippen LogP contribution in [0.3, 0.4) is 0 Å². The Kier molecular flexibility index (Phi) is 7.88. The minimum absolute atomic E-state index is 0.0189. The molecule has 0 heterocycles. The van der Waals surface area contributed by atoms with Gasteiger partial charge in [-0.05, 0) is 38.2 Å². The smallest absolute Gasteiger partial charge is 0.237 e. The zero-order valence-corrected chi connectivity index (χ0v) is 13.7. The molecule has 0 radical (unpaired) electrons. The number of rotatable bonds is 8. The van der Waals surface area contributed by atoms with Crippen LogP contribution in [0.25, 0.3) is 0 Å². The number of hydrogen-bond acceptors (Lipinski definition) is 4. The number of nitriles is 1. The van der Waals surface area contributed by atoms with Gasteiger partial charge in [0.05, 0.1) is 16.9 Å². The zero-order chi connectivity index (χ0) is 15.7. The summed E-state index contributed by atoms with van der Waals surface area (Å²) in [6.45, 7) is 9.28. The molecule has 0 fully saturated rings. The van der Waals surface area contributed by atoms with E-state index in [9.17, 15) is 4.79 Å². The molecule has 4 nitrogen and oxygen atoms in total. The molecular weight excluding hydrogens is 282 g/mol. The Morgan fingerprint density at radius 1 is 1.43 bits per heavy atom. The van der Waals surface area contributed by atoms with Crippen molar-refractivity contribution in [3.8, 4) is 6.07 Å². The molecule has 1 aromatic rings. The first kappa shape index (κ1) is 17.5. The van der Waals surface area contributed by atoms with Crippen molar-refractivity contribution in [2.75, 3.05) is 30.7 Å². The van der Waals surface area contributed by atoms with Crippen LogP contribution < -0.4 is 5.32 Å². The van der Waals surface area contributed by atoms with Crippen molar-refractivity contribution in [1.82, 2.24) is 4.90 Å². The molecule has 1 unspecified atom stereocenters. The second-order valence-corrected chi connectivity index (χ2v) is 6.17. The average Bonchev–Trinajstić information content (AvgIpc) is 2.51. The zero-order valence-electron chi connectivity index (χ0n) is 12.9. The van der Waals surface area contributed by atoms with Crippen LogP contribution in [-0.4, -0.2) is 41.4 Å². The first-order valence-corrected chi connectivity index (χ1v) is 8.30. The highest BCUT2D eigenvalue weighted by Gasteiger charge is 2.14. The SMILES string of the molecule is CCN(CC)CCSC(C)C(=O)Nc1cccc(C#N)c1. The van der Waals surface area contributed by atoms with E-state index in [0.717, 1.165) is 25.4 Å². The van der Waals surface area contributed by atoms with E-state index in [1.165, 1.54) is 0 Å². The highest BCUT2D eigenvalue weighted by molar-refractivity contribution is 8.00. The lowest BCUT2D eigenvalue weighted by Crippen LogP contribution is -2.28. The lowest BCUT2D eigenvalue weighted by molar-refractivity contribution is -0.115. The molecule has 0 bridgehead atoms. The molecule has 1 amide bonds. The van der Waals surface area contributed by atoms with Crippen LogP contribution in [0.5, 0.6) is 0 Å². The van der Waals surface area contributed by atoms with Crippen LogP contribution >= 0.6 is 11.8 Å². The largest absolute Gasteiger partial charge is 0.325 e. The van der Waals surface area contributed by atoms with Crippen molar-refractivity contribution in [1.29, 1.82) is 5.26 Å². The monoisotopic (exact) mass is 305 g/mol. The number of anilines is 1. The van der Waals surface area contributed by atoms with Gasteiger partial charge in [0.25, 0.3) is 0 Å². The molecular formula is C16H23N3OS. The van der Waals surface area contributed by atoms with Crippen molar-refractivity contribution in [2.24, 2.45) is 0 Å². The van der Waals surface area contributed by atoms with E-state index in [-0.39, 0.29) is 11.2 Å². The quantitative estimate of drug-likeness (QED) is 0.802. The fraction of sp³-hybridized carbons (Fsp3) is 0.500. The first-order chi connectivity index (χ1) is 10.1. The van der Waals surface area contributed by atoms with Crippen LogP contribution in [-0.2, 0) is 4.79 Å². The topological polar surface area (TPSA) is 56.1 Å². The predicted octanol–water partition coefficient (Wildman–Crippen LogP) is 2.96. The summed E-state index contributed by atoms with van der Waals surface area (Å²) in [7, 11) is 0. The molecule has 0 saturated carbocycles. The van der Waals surface area contributed by atoms with E-state index in [4.69, 9.17) is 5.26 Å². The Hall–Kier alpha value is -1.51. The van der Waals surface area contributed by atoms with Gasteiger partial charge in [0.15, 0.2) is 0 Å². The highest BCUT2D eigenvalue weighted by atomic mass is 32.2. The van der Waals surface area contributed by atoms with Crippen LogP contribution in [0.15, 0.2) is 24.3 Å². The van der Waals surface area contributed by atoms with Crippen LogP contribution in [0.2, 0.25) is 0 Å². The summed E-state index contributed by atoms with van der Waals surface area (Å²) in [6, 6.07) is 9.04. The summed E-state index contributed by atoms with van der Waals surface area (Å²) in [5.74, 6) is 0.920. The third kappa shape index (κ3) is 6.19. The highest BCUT2D eigenvalue weighted by Crippen LogP contribution is 2.15. The van der Waals surface area contributed by atoms with Gasteiger partial charge in [-0.2, -0.15) is 5.26 Å². The maximum atomic E-state index is 12.1. The molecule has 5 heteroatoms. The van der Waals surface area contributed by atoms with Gasteiger partial charge in [-0.3, -0.25) is 4.79 Å². The van der Waals surface area contributed by atoms with Crippen molar-refractivity contribution in [3.63, 3.8) is 0 Å². The number of nitrogens with one attached hydrogen (secondary N) is 1. The van der Waals surface area contributed by atoms with Crippen LogP contribution in [0.4, 0.5) is 5.69 Å². The second kappa shape index (κ2) is 9.43. The number of thioether (sulfide) groups is 1. The Morgan fingerprint density at radius 2 is 2.14 bits per heavy atom. The van der Waals surface area contributed by atoms with Crippen molar-refractivity contribution in [2.45, 2.75) is 26.0 Å². The molecule has 0 spiro atoms. The molecule has 0 aromatic heterocycles. The van der Waals surface area contributed by atoms with Crippen molar-refractivity contribution < 1.29 is 4.79 Å². The number of carbonyl (C=O) groups is 1. The lowest BCUT2D eigenvalue weighted by atomic mass is 10.2. The third-order valence-corrected chi connectivity index (χ3v) is 4.43. The standard InChI is InChI=1S/C16H23N3OS/c1-4-19(5-2)9-10-21-13(3)16(20)18-15-8-6-7-14(11-15)12-17/h6-8,11,13H,4-5,9-10H2,1-3H3,(H,18,20). The Morgan fingerprint density at radius 3 is 2.76 bits per heavy atom. The summed E-state index contributed by atoms with van der Waals surface area (Å²) in [5, 5.41) is 11.6. The minimum atomic E-state index is -0.105. The van der Waals surface area contributed by atoms with Gasteiger partial charge in [-0.25, -0.2) is 0 Å². The molecule has 1 rings (SSSR count). The Balaban J connectivity index is 2.42. The number of amides is 1. The summed E-state index contributed by atoms with van der Waals surface area (Å²) < 4.78 is 0. The molecule has 0 aliphatic heterocycles. The van der Waals surface area contributed by atoms with Crippen LogP contribution in [0, 0.1) is 11.3 Å². The summed E-state index contributed by atoms with van der Waals surface area (Å²) in [4.78, 5) is 14.4. The molecule has 0 aliphatic carbocycles. The van der Waals surface area contributed by atoms with E-state index in [1.54, 1.807) is 36.0 Å². The molecule has 0 saturated heterocycles. The van der Waals surface area contributed by atoms with Gasteiger partial charge in [0.1, 0.15) is 0 Å². The molecule has 21 heavy (non-hydrogen) atoms. The van der Waals surface area contributed by atoms with E-state index >= 15 is 0 Å². The maximum Gasteiger partial charge on any atom is 0.237 e. The fourth-order valence-corrected chi connectivity index (χ4v) is 2.81.